The van der Waals surface area contributed by atoms with E-state index in [2.05, 4.69) is 10.2 Å². The lowest BCUT2D eigenvalue weighted by atomic mass is 10.3. The minimum absolute atomic E-state index is 0.141. The highest BCUT2D eigenvalue weighted by Crippen LogP contribution is 2.00. The topological polar surface area (TPSA) is 58.2 Å². The number of imide groups is 1. The third-order valence-electron chi connectivity index (χ3n) is 1.10. The zero-order valence-corrected chi connectivity index (χ0v) is 5.23. The Bertz CT molecular complexity index is 159. The molecule has 0 aromatic heterocycles. The van der Waals surface area contributed by atoms with Crippen molar-refractivity contribution >= 4 is 23.6 Å². The predicted octanol–water partition coefficient (Wildman–Crippen LogP) is -0.855. The molecule has 0 bridgehead atoms. The van der Waals surface area contributed by atoms with E-state index in [0.29, 0.717) is 0 Å². The first kappa shape index (κ1) is 6.51. The molecule has 1 aliphatic heterocycles. The summed E-state index contributed by atoms with van der Waals surface area (Å²) in [6, 6.07) is -0.542. The summed E-state index contributed by atoms with van der Waals surface area (Å²) in [5, 5.41) is 2.09. The monoisotopic (exact) mass is 148 g/mol. The number of halogens is 1. The largest absolute Gasteiger partial charge is 0.295 e. The lowest BCUT2D eigenvalue weighted by Gasteiger charge is -1.96. The van der Waals surface area contributed by atoms with Crippen LogP contribution in [-0.4, -0.2) is 17.9 Å². The average Bonchev–Trinajstić information content (AvgIpc) is 2.10. The fourth-order valence-electron chi connectivity index (χ4n) is 0.642. The van der Waals surface area contributed by atoms with Gasteiger partial charge in [0.2, 0.25) is 11.8 Å². The van der Waals surface area contributed by atoms with Crippen LogP contribution >= 0.6 is 11.8 Å². The molecule has 1 saturated heterocycles. The summed E-state index contributed by atoms with van der Waals surface area (Å²) >= 11 is 5.10. The third kappa shape index (κ3) is 1.20. The van der Waals surface area contributed by atoms with Gasteiger partial charge in [0.05, 0.1) is 6.42 Å². The maximum Gasteiger partial charge on any atom is 0.245 e. The van der Waals surface area contributed by atoms with Crippen molar-refractivity contribution in [2.75, 3.05) is 0 Å². The highest BCUT2D eigenvalue weighted by Gasteiger charge is 2.29. The Kier molecular flexibility index (Phi) is 1.68. The van der Waals surface area contributed by atoms with Gasteiger partial charge in [-0.3, -0.25) is 14.9 Å². The fourth-order valence-corrected chi connectivity index (χ4v) is 0.818. The minimum Gasteiger partial charge on any atom is -0.295 e. The first-order chi connectivity index (χ1) is 4.24. The molecule has 5 heteroatoms. The number of amides is 2. The highest BCUT2D eigenvalue weighted by molar-refractivity contribution is 6.17. The van der Waals surface area contributed by atoms with E-state index in [9.17, 15) is 9.59 Å². The van der Waals surface area contributed by atoms with E-state index >= 15 is 0 Å². The van der Waals surface area contributed by atoms with Crippen LogP contribution in [0.2, 0.25) is 0 Å². The molecule has 1 rings (SSSR count). The Morgan fingerprint density at radius 1 is 1.67 bits per heavy atom. The molecule has 4 nitrogen and oxygen atoms in total. The summed E-state index contributed by atoms with van der Waals surface area (Å²) in [6.45, 7) is 0. The van der Waals surface area contributed by atoms with E-state index in [1.165, 1.54) is 0 Å². The van der Waals surface area contributed by atoms with Gasteiger partial charge in [-0.15, -0.1) is 0 Å². The van der Waals surface area contributed by atoms with Gasteiger partial charge < -0.3 is 0 Å². The standard InChI is InChI=1S/C4H5ClN2O2/c5-7-2-1-3(8)6-4(2)9/h2,7H,1H2,(H,6,8,9). The van der Waals surface area contributed by atoms with Gasteiger partial charge in [-0.05, 0) is 11.8 Å². The summed E-state index contributed by atoms with van der Waals surface area (Å²) in [5.74, 6) is -0.631. The van der Waals surface area contributed by atoms with Crippen molar-refractivity contribution in [2.45, 2.75) is 12.5 Å². The van der Waals surface area contributed by atoms with Crippen molar-refractivity contribution in [3.05, 3.63) is 0 Å². The molecule has 0 aromatic rings. The van der Waals surface area contributed by atoms with E-state index in [4.69, 9.17) is 11.8 Å². The number of hydrogen-bond donors (Lipinski definition) is 2. The van der Waals surface area contributed by atoms with Crippen LogP contribution in [-0.2, 0) is 9.59 Å². The zero-order valence-electron chi connectivity index (χ0n) is 4.48. The number of carbonyl (C=O) groups is 2. The minimum atomic E-state index is -0.542. The number of hydrogen-bond acceptors (Lipinski definition) is 3. The molecule has 2 N–H and O–H groups in total. The molecule has 0 aromatic carbocycles. The molecular weight excluding hydrogens is 144 g/mol. The van der Waals surface area contributed by atoms with Gasteiger partial charge in [0, 0.05) is 0 Å². The maximum absolute atomic E-state index is 10.5. The molecule has 0 radical (unpaired) electrons. The fraction of sp³-hybridized carbons (Fsp3) is 0.500. The van der Waals surface area contributed by atoms with Crippen LogP contribution in [0.25, 0.3) is 0 Å². The molecule has 0 saturated carbocycles. The Labute approximate surface area is 56.7 Å². The van der Waals surface area contributed by atoms with Gasteiger partial charge in [-0.1, -0.05) is 0 Å². The van der Waals surface area contributed by atoms with Gasteiger partial charge in [0.1, 0.15) is 6.04 Å². The summed E-state index contributed by atoms with van der Waals surface area (Å²) in [6.07, 6.45) is 0.141. The molecule has 2 amide bonds. The summed E-state index contributed by atoms with van der Waals surface area (Å²) in [7, 11) is 0. The van der Waals surface area contributed by atoms with Crippen LogP contribution in [0.4, 0.5) is 0 Å². The molecule has 1 atom stereocenters. The molecule has 50 valence electrons. The van der Waals surface area contributed by atoms with Gasteiger partial charge in [-0.25, -0.2) is 4.84 Å². The Morgan fingerprint density at radius 2 is 2.33 bits per heavy atom. The summed E-state index contributed by atoms with van der Waals surface area (Å²) in [5.41, 5.74) is 0. The molecule has 1 aliphatic rings. The van der Waals surface area contributed by atoms with Crippen LogP contribution in [0.1, 0.15) is 6.42 Å². The highest BCUT2D eigenvalue weighted by atomic mass is 35.5. The van der Waals surface area contributed by atoms with E-state index in [1.54, 1.807) is 0 Å². The normalized spacial score (nSPS) is 26.6. The van der Waals surface area contributed by atoms with E-state index in [0.717, 1.165) is 0 Å². The Balaban J connectivity index is 2.58. The van der Waals surface area contributed by atoms with Crippen molar-refractivity contribution < 1.29 is 9.59 Å². The van der Waals surface area contributed by atoms with E-state index in [1.807, 2.05) is 0 Å². The molecule has 1 unspecified atom stereocenters. The van der Waals surface area contributed by atoms with Crippen molar-refractivity contribution in [3.63, 3.8) is 0 Å². The van der Waals surface area contributed by atoms with Crippen LogP contribution < -0.4 is 10.2 Å². The summed E-state index contributed by atoms with van der Waals surface area (Å²) in [4.78, 5) is 23.1. The Morgan fingerprint density at radius 3 is 2.56 bits per heavy atom. The Hall–Kier alpha value is -0.610. The van der Waals surface area contributed by atoms with Crippen LogP contribution in [0.3, 0.4) is 0 Å². The SMILES string of the molecule is O=C1CC(NCl)C(=O)N1. The number of nitrogens with one attached hydrogen (secondary N) is 2. The predicted molar refractivity (Wildman–Crippen MR) is 30.5 cm³/mol. The van der Waals surface area contributed by atoms with Gasteiger partial charge in [0.25, 0.3) is 0 Å². The third-order valence-corrected chi connectivity index (χ3v) is 1.36. The molecule has 1 fully saturated rings. The second-order valence-corrected chi connectivity index (χ2v) is 2.00. The maximum atomic E-state index is 10.5. The number of rotatable bonds is 1. The quantitative estimate of drug-likeness (QED) is 0.376. The lowest BCUT2D eigenvalue weighted by Crippen LogP contribution is -2.30. The van der Waals surface area contributed by atoms with Crippen molar-refractivity contribution in [1.29, 1.82) is 0 Å². The molecule has 0 spiro atoms. The first-order valence-electron chi connectivity index (χ1n) is 2.44. The first-order valence-corrected chi connectivity index (χ1v) is 2.81. The van der Waals surface area contributed by atoms with Crippen molar-refractivity contribution in [3.8, 4) is 0 Å². The van der Waals surface area contributed by atoms with Crippen LogP contribution in [0.15, 0.2) is 0 Å². The van der Waals surface area contributed by atoms with Crippen molar-refractivity contribution in [2.24, 2.45) is 0 Å². The van der Waals surface area contributed by atoms with E-state index < -0.39 is 6.04 Å². The second-order valence-electron chi connectivity index (χ2n) is 1.78. The van der Waals surface area contributed by atoms with Gasteiger partial charge in [0.15, 0.2) is 0 Å². The zero-order chi connectivity index (χ0) is 6.85. The van der Waals surface area contributed by atoms with Gasteiger partial charge >= 0.3 is 0 Å². The number of carbonyl (C=O) groups excluding carboxylic acids is 2. The van der Waals surface area contributed by atoms with Crippen LogP contribution in [0.5, 0.6) is 0 Å². The van der Waals surface area contributed by atoms with Crippen molar-refractivity contribution in [1.82, 2.24) is 10.2 Å². The average molecular weight is 149 g/mol. The molecular formula is C4H5ClN2O2. The van der Waals surface area contributed by atoms with Gasteiger partial charge in [-0.2, -0.15) is 0 Å². The smallest absolute Gasteiger partial charge is 0.245 e. The van der Waals surface area contributed by atoms with E-state index in [-0.39, 0.29) is 18.2 Å². The lowest BCUT2D eigenvalue weighted by molar-refractivity contribution is -0.125. The second kappa shape index (κ2) is 2.33. The molecule has 1 heterocycles. The molecule has 0 aliphatic carbocycles. The summed E-state index contributed by atoms with van der Waals surface area (Å²) < 4.78 is 0. The van der Waals surface area contributed by atoms with Crippen LogP contribution in [0, 0.1) is 0 Å². The molecule has 9 heavy (non-hydrogen) atoms.